The zero-order chi connectivity index (χ0) is 13.2. The molecule has 1 aromatic rings. The first-order valence-corrected chi connectivity index (χ1v) is 7.29. The highest BCUT2D eigenvalue weighted by molar-refractivity contribution is 5.39. The molecule has 2 fully saturated rings. The summed E-state index contributed by atoms with van der Waals surface area (Å²) < 4.78 is 0. The molecular formula is C15H24N4. The molecule has 4 heteroatoms. The van der Waals surface area contributed by atoms with Gasteiger partial charge in [0.25, 0.3) is 0 Å². The number of rotatable bonds is 3. The van der Waals surface area contributed by atoms with Crippen LogP contribution in [0.3, 0.4) is 0 Å². The first-order chi connectivity index (χ1) is 9.20. The van der Waals surface area contributed by atoms with E-state index in [9.17, 15) is 0 Å². The van der Waals surface area contributed by atoms with Crippen molar-refractivity contribution in [2.45, 2.75) is 6.92 Å². The Bertz CT molecular complexity index is 403. The van der Waals surface area contributed by atoms with Gasteiger partial charge < -0.3 is 9.80 Å². The summed E-state index contributed by atoms with van der Waals surface area (Å²) in [5, 5.41) is 0. The highest BCUT2D eigenvalue weighted by atomic mass is 15.3. The molecule has 3 rings (SSSR count). The zero-order valence-electron chi connectivity index (χ0n) is 12.0. The number of hydrogen-bond acceptors (Lipinski definition) is 4. The third kappa shape index (κ3) is 3.07. The molecular weight excluding hydrogens is 236 g/mol. The Morgan fingerprint density at radius 3 is 2.47 bits per heavy atom. The molecule has 0 unspecified atom stereocenters. The molecule has 1 aromatic heterocycles. The third-order valence-electron chi connectivity index (χ3n) is 4.25. The Balaban J connectivity index is 1.47. The summed E-state index contributed by atoms with van der Waals surface area (Å²) in [5.74, 6) is 2.03. The molecule has 2 aliphatic heterocycles. The van der Waals surface area contributed by atoms with Gasteiger partial charge in [-0.2, -0.15) is 0 Å². The lowest BCUT2D eigenvalue weighted by molar-refractivity contribution is 0.0882. The van der Waals surface area contributed by atoms with E-state index in [1.165, 1.54) is 38.3 Å². The molecule has 0 spiro atoms. The number of aryl methyl sites for hydroxylation is 1. The average Bonchev–Trinajstić information content (AvgIpc) is 2.39. The first-order valence-electron chi connectivity index (χ1n) is 7.29. The first kappa shape index (κ1) is 12.9. The van der Waals surface area contributed by atoms with Crippen LogP contribution in [0.15, 0.2) is 18.3 Å². The van der Waals surface area contributed by atoms with Crippen molar-refractivity contribution in [3.05, 3.63) is 23.9 Å². The summed E-state index contributed by atoms with van der Waals surface area (Å²) in [6, 6.07) is 4.30. The molecule has 0 atom stereocenters. The summed E-state index contributed by atoms with van der Waals surface area (Å²) in [4.78, 5) is 11.9. The monoisotopic (exact) mass is 260 g/mol. The second-order valence-electron chi connectivity index (χ2n) is 6.07. The van der Waals surface area contributed by atoms with Crippen molar-refractivity contribution in [3.63, 3.8) is 0 Å². The molecule has 0 aromatic carbocycles. The van der Waals surface area contributed by atoms with Gasteiger partial charge in [0.1, 0.15) is 5.82 Å². The fourth-order valence-electron chi connectivity index (χ4n) is 3.12. The van der Waals surface area contributed by atoms with Crippen LogP contribution in [0.5, 0.6) is 0 Å². The van der Waals surface area contributed by atoms with Gasteiger partial charge in [-0.1, -0.05) is 6.07 Å². The molecule has 19 heavy (non-hydrogen) atoms. The van der Waals surface area contributed by atoms with Crippen molar-refractivity contribution in [1.82, 2.24) is 14.8 Å². The van der Waals surface area contributed by atoms with E-state index in [-0.39, 0.29) is 0 Å². The van der Waals surface area contributed by atoms with E-state index in [0.29, 0.717) is 0 Å². The van der Waals surface area contributed by atoms with Gasteiger partial charge in [-0.15, -0.1) is 0 Å². The van der Waals surface area contributed by atoms with Crippen molar-refractivity contribution >= 4 is 5.82 Å². The molecule has 0 N–H and O–H groups in total. The zero-order valence-corrected chi connectivity index (χ0v) is 12.0. The summed E-state index contributed by atoms with van der Waals surface area (Å²) in [7, 11) is 2.21. The maximum absolute atomic E-state index is 4.53. The van der Waals surface area contributed by atoms with Gasteiger partial charge in [0.15, 0.2) is 0 Å². The van der Waals surface area contributed by atoms with Crippen LogP contribution in [0.2, 0.25) is 0 Å². The normalized spacial score (nSPS) is 22.5. The number of aromatic nitrogens is 1. The molecule has 0 saturated carbocycles. The SMILES string of the molecule is Cc1ccc(N2CCN(CC3CN(C)C3)CC2)nc1. The fourth-order valence-corrected chi connectivity index (χ4v) is 3.12. The van der Waals surface area contributed by atoms with Crippen molar-refractivity contribution in [2.75, 3.05) is 57.8 Å². The van der Waals surface area contributed by atoms with E-state index in [1.807, 2.05) is 6.20 Å². The highest BCUT2D eigenvalue weighted by Gasteiger charge is 2.27. The van der Waals surface area contributed by atoms with E-state index >= 15 is 0 Å². The van der Waals surface area contributed by atoms with Gasteiger partial charge in [-0.25, -0.2) is 4.98 Å². The quantitative estimate of drug-likeness (QED) is 0.811. The molecule has 2 aliphatic rings. The maximum atomic E-state index is 4.53. The predicted octanol–water partition coefficient (Wildman–Crippen LogP) is 1.07. The number of likely N-dealkylation sites (tertiary alicyclic amines) is 1. The molecule has 4 nitrogen and oxygen atoms in total. The summed E-state index contributed by atoms with van der Waals surface area (Å²) in [6.07, 6.45) is 1.96. The van der Waals surface area contributed by atoms with Crippen LogP contribution in [-0.4, -0.2) is 67.6 Å². The number of hydrogen-bond donors (Lipinski definition) is 0. The Labute approximate surface area is 116 Å². The average molecular weight is 260 g/mol. The molecule has 104 valence electrons. The lowest BCUT2D eigenvalue weighted by Crippen LogP contribution is -2.53. The minimum Gasteiger partial charge on any atom is -0.354 e. The van der Waals surface area contributed by atoms with Crippen molar-refractivity contribution in [1.29, 1.82) is 0 Å². The number of pyridine rings is 1. The van der Waals surface area contributed by atoms with Gasteiger partial charge in [0.2, 0.25) is 0 Å². The lowest BCUT2D eigenvalue weighted by Gasteiger charge is -2.42. The van der Waals surface area contributed by atoms with Gasteiger partial charge >= 0.3 is 0 Å². The minimum absolute atomic E-state index is 0.897. The Hall–Kier alpha value is -1.13. The Kier molecular flexibility index (Phi) is 3.71. The van der Waals surface area contributed by atoms with Gasteiger partial charge in [0.05, 0.1) is 0 Å². The third-order valence-corrected chi connectivity index (χ3v) is 4.25. The van der Waals surface area contributed by atoms with Crippen LogP contribution in [0.1, 0.15) is 5.56 Å². The number of piperazine rings is 1. The van der Waals surface area contributed by atoms with E-state index in [2.05, 4.69) is 45.8 Å². The van der Waals surface area contributed by atoms with Crippen LogP contribution >= 0.6 is 0 Å². The van der Waals surface area contributed by atoms with Crippen LogP contribution in [0, 0.1) is 12.8 Å². The van der Waals surface area contributed by atoms with Crippen LogP contribution < -0.4 is 4.90 Å². The van der Waals surface area contributed by atoms with Gasteiger partial charge in [0, 0.05) is 52.0 Å². The second kappa shape index (κ2) is 5.47. The largest absolute Gasteiger partial charge is 0.354 e. The molecule has 0 aliphatic carbocycles. The minimum atomic E-state index is 0.897. The molecule has 0 amide bonds. The van der Waals surface area contributed by atoms with Crippen LogP contribution in [0.4, 0.5) is 5.82 Å². The predicted molar refractivity (Wildman–Crippen MR) is 78.6 cm³/mol. The second-order valence-corrected chi connectivity index (χ2v) is 6.07. The van der Waals surface area contributed by atoms with Crippen molar-refractivity contribution in [2.24, 2.45) is 5.92 Å². The number of anilines is 1. The fraction of sp³-hybridized carbons (Fsp3) is 0.667. The lowest BCUT2D eigenvalue weighted by atomic mass is 10.0. The highest BCUT2D eigenvalue weighted by Crippen LogP contribution is 2.17. The molecule has 0 radical (unpaired) electrons. The smallest absolute Gasteiger partial charge is 0.128 e. The van der Waals surface area contributed by atoms with E-state index in [4.69, 9.17) is 0 Å². The van der Waals surface area contributed by atoms with Crippen molar-refractivity contribution in [3.8, 4) is 0 Å². The van der Waals surface area contributed by atoms with Crippen LogP contribution in [0.25, 0.3) is 0 Å². The summed E-state index contributed by atoms with van der Waals surface area (Å²) in [5.41, 5.74) is 1.23. The molecule has 2 saturated heterocycles. The summed E-state index contributed by atoms with van der Waals surface area (Å²) in [6.45, 7) is 10.5. The van der Waals surface area contributed by atoms with E-state index in [0.717, 1.165) is 24.8 Å². The standard InChI is InChI=1S/C15H24N4/c1-13-3-4-15(16-9-13)19-7-5-18(6-8-19)12-14-10-17(2)11-14/h3-4,9,14H,5-8,10-12H2,1-2H3. The topological polar surface area (TPSA) is 22.6 Å². The van der Waals surface area contributed by atoms with Gasteiger partial charge in [-0.05, 0) is 31.5 Å². The molecule has 3 heterocycles. The maximum Gasteiger partial charge on any atom is 0.128 e. The molecule has 0 bridgehead atoms. The van der Waals surface area contributed by atoms with Gasteiger partial charge in [-0.3, -0.25) is 4.90 Å². The van der Waals surface area contributed by atoms with E-state index in [1.54, 1.807) is 0 Å². The van der Waals surface area contributed by atoms with Crippen molar-refractivity contribution < 1.29 is 0 Å². The van der Waals surface area contributed by atoms with Crippen LogP contribution in [-0.2, 0) is 0 Å². The Morgan fingerprint density at radius 1 is 1.16 bits per heavy atom. The number of nitrogens with zero attached hydrogens (tertiary/aromatic N) is 4. The van der Waals surface area contributed by atoms with E-state index < -0.39 is 0 Å². The Morgan fingerprint density at radius 2 is 1.89 bits per heavy atom. The summed E-state index contributed by atoms with van der Waals surface area (Å²) >= 11 is 0.